The van der Waals surface area contributed by atoms with Gasteiger partial charge in [0.1, 0.15) is 11.6 Å². The molecule has 0 aliphatic carbocycles. The molecule has 0 saturated heterocycles. The van der Waals surface area contributed by atoms with Crippen molar-refractivity contribution in [3.8, 4) is 11.6 Å². The molecule has 0 fully saturated rings. The van der Waals surface area contributed by atoms with Crippen LogP contribution in [0.15, 0.2) is 47.6 Å². The molecular formula is C20H28FIN4O2. The summed E-state index contributed by atoms with van der Waals surface area (Å²) in [5.41, 5.74) is 1.00. The summed E-state index contributed by atoms with van der Waals surface area (Å²) in [4.78, 5) is 8.48. The Morgan fingerprint density at radius 3 is 2.54 bits per heavy atom. The average Bonchev–Trinajstić information content (AvgIpc) is 2.70. The van der Waals surface area contributed by atoms with Crippen molar-refractivity contribution in [1.29, 1.82) is 0 Å². The second-order valence-electron chi connectivity index (χ2n) is 5.82. The SMILES string of the molecule is CCOCCCCNC(=NC)NCc1ccc(Oc2ccc(F)cc2)nc1.I. The third kappa shape index (κ3) is 9.32. The summed E-state index contributed by atoms with van der Waals surface area (Å²) >= 11 is 0. The topological polar surface area (TPSA) is 67.8 Å². The molecule has 154 valence electrons. The first-order valence-electron chi connectivity index (χ1n) is 9.12. The van der Waals surface area contributed by atoms with Crippen LogP contribution >= 0.6 is 24.0 Å². The molecule has 0 atom stereocenters. The number of halogens is 2. The first-order chi connectivity index (χ1) is 13.2. The van der Waals surface area contributed by atoms with Gasteiger partial charge < -0.3 is 20.1 Å². The number of guanidine groups is 1. The van der Waals surface area contributed by atoms with Crippen molar-refractivity contribution >= 4 is 29.9 Å². The predicted molar refractivity (Wildman–Crippen MR) is 120 cm³/mol. The third-order valence-corrected chi connectivity index (χ3v) is 3.73. The number of hydrogen-bond acceptors (Lipinski definition) is 4. The number of ether oxygens (including phenoxy) is 2. The number of rotatable bonds is 10. The molecule has 1 heterocycles. The van der Waals surface area contributed by atoms with Gasteiger partial charge in [0.05, 0.1) is 0 Å². The van der Waals surface area contributed by atoms with Gasteiger partial charge in [-0.2, -0.15) is 0 Å². The number of nitrogens with zero attached hydrogens (tertiary/aromatic N) is 2. The maximum atomic E-state index is 12.9. The van der Waals surface area contributed by atoms with Crippen LogP contribution in [-0.4, -0.2) is 37.7 Å². The molecule has 6 nitrogen and oxygen atoms in total. The van der Waals surface area contributed by atoms with E-state index in [0.29, 0.717) is 18.2 Å². The zero-order valence-electron chi connectivity index (χ0n) is 16.3. The summed E-state index contributed by atoms with van der Waals surface area (Å²) in [6.07, 6.45) is 3.79. The van der Waals surface area contributed by atoms with E-state index in [1.54, 1.807) is 31.4 Å². The molecule has 1 aromatic heterocycles. The molecule has 28 heavy (non-hydrogen) atoms. The summed E-state index contributed by atoms with van der Waals surface area (Å²) in [6.45, 7) is 5.00. The minimum atomic E-state index is -0.298. The molecule has 8 heteroatoms. The zero-order chi connectivity index (χ0) is 19.3. The van der Waals surface area contributed by atoms with E-state index in [1.165, 1.54) is 12.1 Å². The lowest BCUT2D eigenvalue weighted by Gasteiger charge is -2.12. The Labute approximate surface area is 183 Å². The van der Waals surface area contributed by atoms with Crippen molar-refractivity contribution in [2.75, 3.05) is 26.8 Å². The van der Waals surface area contributed by atoms with E-state index in [9.17, 15) is 4.39 Å². The lowest BCUT2D eigenvalue weighted by Crippen LogP contribution is -2.37. The van der Waals surface area contributed by atoms with Crippen LogP contribution in [0.4, 0.5) is 4.39 Å². The van der Waals surface area contributed by atoms with Gasteiger partial charge in [0.15, 0.2) is 5.96 Å². The molecule has 0 radical (unpaired) electrons. The molecule has 0 bridgehead atoms. The second kappa shape index (κ2) is 14.1. The largest absolute Gasteiger partial charge is 0.439 e. The second-order valence-corrected chi connectivity index (χ2v) is 5.82. The summed E-state index contributed by atoms with van der Waals surface area (Å²) in [6, 6.07) is 9.54. The monoisotopic (exact) mass is 502 g/mol. The van der Waals surface area contributed by atoms with Crippen LogP contribution in [0.1, 0.15) is 25.3 Å². The molecule has 0 saturated carbocycles. The highest BCUT2D eigenvalue weighted by Gasteiger charge is 2.02. The fourth-order valence-corrected chi connectivity index (χ4v) is 2.29. The Hall–Kier alpha value is -1.94. The number of aromatic nitrogens is 1. The fourth-order valence-electron chi connectivity index (χ4n) is 2.29. The van der Waals surface area contributed by atoms with Crippen molar-refractivity contribution in [2.24, 2.45) is 4.99 Å². The molecule has 2 N–H and O–H groups in total. The lowest BCUT2D eigenvalue weighted by atomic mass is 10.3. The Morgan fingerprint density at radius 2 is 1.89 bits per heavy atom. The van der Waals surface area contributed by atoms with E-state index >= 15 is 0 Å². The molecule has 0 unspecified atom stereocenters. The number of unbranched alkanes of at least 4 members (excludes halogenated alkanes) is 1. The van der Waals surface area contributed by atoms with E-state index in [1.807, 2.05) is 13.0 Å². The van der Waals surface area contributed by atoms with Crippen molar-refractivity contribution in [1.82, 2.24) is 15.6 Å². The van der Waals surface area contributed by atoms with Crippen molar-refractivity contribution in [2.45, 2.75) is 26.3 Å². The Balaban J connectivity index is 0.00000392. The first kappa shape index (κ1) is 24.1. The van der Waals surface area contributed by atoms with E-state index in [-0.39, 0.29) is 29.8 Å². The molecule has 0 aliphatic heterocycles. The number of aliphatic imine (C=N–C) groups is 1. The van der Waals surface area contributed by atoms with Gasteiger partial charge in [0, 0.05) is 45.6 Å². The van der Waals surface area contributed by atoms with Crippen LogP contribution in [0.3, 0.4) is 0 Å². The summed E-state index contributed by atoms with van der Waals surface area (Å²) < 4.78 is 23.8. The van der Waals surface area contributed by atoms with Gasteiger partial charge in [-0.05, 0) is 49.6 Å². The number of nitrogens with one attached hydrogen (secondary N) is 2. The molecule has 0 aliphatic rings. The smallest absolute Gasteiger partial charge is 0.219 e. The maximum Gasteiger partial charge on any atom is 0.219 e. The zero-order valence-corrected chi connectivity index (χ0v) is 18.6. The molecule has 2 rings (SSSR count). The third-order valence-electron chi connectivity index (χ3n) is 3.73. The van der Waals surface area contributed by atoms with Gasteiger partial charge in [0.2, 0.25) is 5.88 Å². The fraction of sp³-hybridized carbons (Fsp3) is 0.400. The first-order valence-corrected chi connectivity index (χ1v) is 9.12. The van der Waals surface area contributed by atoms with E-state index in [0.717, 1.165) is 44.1 Å². The van der Waals surface area contributed by atoms with E-state index in [4.69, 9.17) is 9.47 Å². The van der Waals surface area contributed by atoms with Crippen LogP contribution in [0, 0.1) is 5.82 Å². The standard InChI is InChI=1S/C20H27FN4O2.HI/c1-3-26-13-5-4-12-23-20(22-2)25-15-16-6-11-19(24-14-16)27-18-9-7-17(21)8-10-18;/h6-11,14H,3-5,12-13,15H2,1-2H3,(H2,22,23,25);1H. The van der Waals surface area contributed by atoms with E-state index < -0.39 is 0 Å². The minimum Gasteiger partial charge on any atom is -0.439 e. The van der Waals surface area contributed by atoms with Gasteiger partial charge in [-0.25, -0.2) is 9.37 Å². The average molecular weight is 502 g/mol. The summed E-state index contributed by atoms with van der Waals surface area (Å²) in [5, 5.41) is 6.52. The summed E-state index contributed by atoms with van der Waals surface area (Å²) in [7, 11) is 1.74. The molecule has 0 spiro atoms. The van der Waals surface area contributed by atoms with Crippen LogP contribution in [-0.2, 0) is 11.3 Å². The highest BCUT2D eigenvalue weighted by molar-refractivity contribution is 14.0. The van der Waals surface area contributed by atoms with E-state index in [2.05, 4.69) is 20.6 Å². The molecule has 2 aromatic rings. The maximum absolute atomic E-state index is 12.9. The highest BCUT2D eigenvalue weighted by atomic mass is 127. The number of benzene rings is 1. The predicted octanol–water partition coefficient (Wildman–Crippen LogP) is 4.11. The molecular weight excluding hydrogens is 474 g/mol. The van der Waals surface area contributed by atoms with Crippen LogP contribution in [0.25, 0.3) is 0 Å². The van der Waals surface area contributed by atoms with Gasteiger partial charge >= 0.3 is 0 Å². The van der Waals surface area contributed by atoms with Gasteiger partial charge in [-0.1, -0.05) is 6.07 Å². The normalized spacial score (nSPS) is 10.9. The van der Waals surface area contributed by atoms with Gasteiger partial charge in [0.25, 0.3) is 0 Å². The van der Waals surface area contributed by atoms with Gasteiger partial charge in [-0.3, -0.25) is 4.99 Å². The quantitative estimate of drug-likeness (QED) is 0.222. The van der Waals surface area contributed by atoms with Crippen LogP contribution < -0.4 is 15.4 Å². The highest BCUT2D eigenvalue weighted by Crippen LogP contribution is 2.19. The van der Waals surface area contributed by atoms with Crippen LogP contribution in [0.2, 0.25) is 0 Å². The van der Waals surface area contributed by atoms with Crippen molar-refractivity contribution in [3.63, 3.8) is 0 Å². The lowest BCUT2D eigenvalue weighted by molar-refractivity contribution is 0.143. The Kier molecular flexibility index (Phi) is 12.1. The number of hydrogen-bond donors (Lipinski definition) is 2. The molecule has 0 amide bonds. The number of pyridine rings is 1. The summed E-state index contributed by atoms with van der Waals surface area (Å²) in [5.74, 6) is 1.46. The minimum absolute atomic E-state index is 0. The molecule has 1 aromatic carbocycles. The van der Waals surface area contributed by atoms with Gasteiger partial charge in [-0.15, -0.1) is 24.0 Å². The van der Waals surface area contributed by atoms with Crippen LogP contribution in [0.5, 0.6) is 11.6 Å². The Morgan fingerprint density at radius 1 is 1.11 bits per heavy atom. The Bertz CT molecular complexity index is 696. The van der Waals surface area contributed by atoms with Crippen molar-refractivity contribution < 1.29 is 13.9 Å². The van der Waals surface area contributed by atoms with Crippen molar-refractivity contribution in [3.05, 3.63) is 54.0 Å².